The van der Waals surface area contributed by atoms with E-state index in [1.54, 1.807) is 4.57 Å². The van der Waals surface area contributed by atoms with Crippen molar-refractivity contribution in [2.24, 2.45) is 0 Å². The smallest absolute Gasteiger partial charge is 0.190 e. The van der Waals surface area contributed by atoms with Crippen LogP contribution < -0.4 is 0 Å². The van der Waals surface area contributed by atoms with Gasteiger partial charge in [-0.05, 0) is 25.1 Å². The largest absolute Gasteiger partial charge is 0.228 e. The zero-order chi connectivity index (χ0) is 12.5. The summed E-state index contributed by atoms with van der Waals surface area (Å²) < 4.78 is 1.57. The number of aromatic nitrogens is 2. The van der Waals surface area contributed by atoms with Gasteiger partial charge in [-0.1, -0.05) is 35.9 Å². The highest BCUT2D eigenvalue weighted by atomic mass is 15.1. The van der Waals surface area contributed by atoms with E-state index < -0.39 is 0 Å². The molecule has 0 aliphatic rings. The van der Waals surface area contributed by atoms with Crippen molar-refractivity contribution in [3.8, 4) is 17.6 Å². The molecule has 86 valence electrons. The molecule has 1 heterocycles. The van der Waals surface area contributed by atoms with Gasteiger partial charge < -0.3 is 0 Å². The van der Waals surface area contributed by atoms with Crippen molar-refractivity contribution in [1.29, 1.82) is 5.26 Å². The highest BCUT2D eigenvalue weighted by molar-refractivity contribution is 5.81. The molecule has 0 aliphatic heterocycles. The molecule has 0 saturated heterocycles. The molecule has 18 heavy (non-hydrogen) atoms. The molecule has 0 radical (unpaired) electrons. The Morgan fingerprint density at radius 3 is 2.72 bits per heavy atom. The number of hydrogen-bond donors (Lipinski definition) is 0. The number of fused-ring (bicyclic) bond motifs is 1. The van der Waals surface area contributed by atoms with E-state index in [0.717, 1.165) is 22.2 Å². The third kappa shape index (κ3) is 1.56. The van der Waals surface area contributed by atoms with Crippen LogP contribution in [0.1, 0.15) is 5.56 Å². The Kier molecular flexibility index (Phi) is 2.35. The number of aryl methyl sites for hydroxylation is 1. The molecule has 0 fully saturated rings. The van der Waals surface area contributed by atoms with Crippen LogP contribution in [0.5, 0.6) is 0 Å². The number of nitriles is 1. The third-order valence-corrected chi connectivity index (χ3v) is 2.94. The quantitative estimate of drug-likeness (QED) is 0.646. The summed E-state index contributed by atoms with van der Waals surface area (Å²) in [5, 5.41) is 9.31. The van der Waals surface area contributed by atoms with E-state index in [-0.39, 0.29) is 0 Å². The van der Waals surface area contributed by atoms with Gasteiger partial charge in [-0.3, -0.25) is 0 Å². The Morgan fingerprint density at radius 1 is 1.11 bits per heavy atom. The second kappa shape index (κ2) is 4.01. The minimum atomic E-state index is 0.697. The molecule has 3 heteroatoms. The standard InChI is InChI=1S/C15H11N3/c1-11-5-4-6-12(9-11)15-17-13-7-2-3-8-14(13)18(15)10-16/h2-9H,1H3. The number of para-hydroxylation sites is 2. The van der Waals surface area contributed by atoms with Crippen LogP contribution in [0.15, 0.2) is 48.5 Å². The molecule has 0 unspecified atom stereocenters. The molecule has 1 aromatic heterocycles. The fraction of sp³-hybridized carbons (Fsp3) is 0.0667. The van der Waals surface area contributed by atoms with E-state index in [9.17, 15) is 5.26 Å². The molecule has 0 amide bonds. The van der Waals surface area contributed by atoms with Gasteiger partial charge in [-0.25, -0.2) is 9.55 Å². The predicted octanol–water partition coefficient (Wildman–Crippen LogP) is 3.34. The van der Waals surface area contributed by atoms with Crippen LogP contribution >= 0.6 is 0 Å². The number of hydrogen-bond acceptors (Lipinski definition) is 2. The van der Waals surface area contributed by atoms with E-state index in [2.05, 4.69) is 11.2 Å². The SMILES string of the molecule is Cc1cccc(-c2nc3ccccc3n2C#N)c1. The number of imidazole rings is 1. The Hall–Kier alpha value is -2.60. The van der Waals surface area contributed by atoms with E-state index >= 15 is 0 Å². The van der Waals surface area contributed by atoms with Crippen LogP contribution in [0.2, 0.25) is 0 Å². The van der Waals surface area contributed by atoms with Gasteiger partial charge in [-0.2, -0.15) is 5.26 Å². The van der Waals surface area contributed by atoms with Gasteiger partial charge in [0.1, 0.15) is 0 Å². The summed E-state index contributed by atoms with van der Waals surface area (Å²) in [6.07, 6.45) is 2.19. The summed E-state index contributed by atoms with van der Waals surface area (Å²) in [7, 11) is 0. The first-order valence-corrected chi connectivity index (χ1v) is 5.74. The summed E-state index contributed by atoms with van der Waals surface area (Å²) in [5.74, 6) is 0.697. The summed E-state index contributed by atoms with van der Waals surface area (Å²) in [5.41, 5.74) is 3.81. The van der Waals surface area contributed by atoms with Crippen LogP contribution in [-0.2, 0) is 0 Å². The first-order chi connectivity index (χ1) is 8.79. The van der Waals surface area contributed by atoms with Gasteiger partial charge in [0.25, 0.3) is 0 Å². The second-order valence-corrected chi connectivity index (χ2v) is 4.23. The molecule has 0 saturated carbocycles. The molecule has 3 nitrogen and oxygen atoms in total. The monoisotopic (exact) mass is 233 g/mol. The van der Waals surface area contributed by atoms with Crippen LogP contribution in [0.3, 0.4) is 0 Å². The zero-order valence-corrected chi connectivity index (χ0v) is 9.96. The van der Waals surface area contributed by atoms with Crippen LogP contribution in [-0.4, -0.2) is 9.55 Å². The molecule has 0 bridgehead atoms. The minimum absolute atomic E-state index is 0.697. The molecule has 0 aliphatic carbocycles. The van der Waals surface area contributed by atoms with E-state index in [4.69, 9.17) is 0 Å². The summed E-state index contributed by atoms with van der Waals surface area (Å²) in [6.45, 7) is 2.03. The van der Waals surface area contributed by atoms with Gasteiger partial charge in [0.05, 0.1) is 11.0 Å². The predicted molar refractivity (Wildman–Crippen MR) is 70.9 cm³/mol. The average molecular weight is 233 g/mol. The maximum atomic E-state index is 9.31. The molecule has 2 aromatic carbocycles. The zero-order valence-electron chi connectivity index (χ0n) is 9.96. The van der Waals surface area contributed by atoms with Gasteiger partial charge in [0, 0.05) is 5.56 Å². The van der Waals surface area contributed by atoms with Crippen LogP contribution in [0.4, 0.5) is 0 Å². The lowest BCUT2D eigenvalue weighted by molar-refractivity contribution is 1.12. The maximum Gasteiger partial charge on any atom is 0.190 e. The van der Waals surface area contributed by atoms with Crippen LogP contribution in [0, 0.1) is 18.4 Å². The number of rotatable bonds is 1. The van der Waals surface area contributed by atoms with Gasteiger partial charge in [-0.15, -0.1) is 0 Å². The number of nitrogens with zero attached hydrogens (tertiary/aromatic N) is 3. The van der Waals surface area contributed by atoms with Crippen LogP contribution in [0.25, 0.3) is 22.4 Å². The Labute approximate surface area is 105 Å². The number of benzene rings is 2. The summed E-state index contributed by atoms with van der Waals surface area (Å²) >= 11 is 0. The highest BCUT2D eigenvalue weighted by Gasteiger charge is 2.11. The minimum Gasteiger partial charge on any atom is -0.228 e. The van der Waals surface area contributed by atoms with Crippen molar-refractivity contribution in [2.75, 3.05) is 0 Å². The Morgan fingerprint density at radius 2 is 1.94 bits per heavy atom. The first-order valence-electron chi connectivity index (χ1n) is 5.74. The molecule has 3 rings (SSSR count). The molecule has 0 spiro atoms. The normalized spacial score (nSPS) is 10.4. The lowest BCUT2D eigenvalue weighted by Crippen LogP contribution is -1.92. The lowest BCUT2D eigenvalue weighted by atomic mass is 10.1. The van der Waals surface area contributed by atoms with Crippen molar-refractivity contribution in [1.82, 2.24) is 9.55 Å². The van der Waals surface area contributed by atoms with Crippen molar-refractivity contribution in [2.45, 2.75) is 6.92 Å². The second-order valence-electron chi connectivity index (χ2n) is 4.23. The lowest BCUT2D eigenvalue weighted by Gasteiger charge is -2.01. The van der Waals surface area contributed by atoms with Crippen molar-refractivity contribution < 1.29 is 0 Å². The van der Waals surface area contributed by atoms with E-state index in [1.807, 2.05) is 55.5 Å². The molecule has 0 N–H and O–H groups in total. The molecular formula is C15H11N3. The topological polar surface area (TPSA) is 41.6 Å². The van der Waals surface area contributed by atoms with E-state index in [1.165, 1.54) is 0 Å². The van der Waals surface area contributed by atoms with Gasteiger partial charge in [0.15, 0.2) is 12.0 Å². The van der Waals surface area contributed by atoms with Crippen molar-refractivity contribution in [3.63, 3.8) is 0 Å². The molecular weight excluding hydrogens is 222 g/mol. The fourth-order valence-electron chi connectivity index (χ4n) is 2.11. The summed E-state index contributed by atoms with van der Waals surface area (Å²) in [6, 6.07) is 15.7. The Balaban J connectivity index is 2.33. The maximum absolute atomic E-state index is 9.31. The Bertz CT molecular complexity index is 763. The average Bonchev–Trinajstić information content (AvgIpc) is 2.77. The van der Waals surface area contributed by atoms with Crippen molar-refractivity contribution >= 4 is 11.0 Å². The first kappa shape index (κ1) is 10.5. The molecule has 0 atom stereocenters. The van der Waals surface area contributed by atoms with Gasteiger partial charge >= 0.3 is 0 Å². The summed E-state index contributed by atoms with van der Waals surface area (Å²) in [4.78, 5) is 4.54. The molecule has 3 aromatic rings. The highest BCUT2D eigenvalue weighted by Crippen LogP contribution is 2.24. The van der Waals surface area contributed by atoms with Gasteiger partial charge in [0.2, 0.25) is 0 Å². The third-order valence-electron chi connectivity index (χ3n) is 2.94. The van der Waals surface area contributed by atoms with E-state index in [0.29, 0.717) is 5.82 Å². The van der Waals surface area contributed by atoms with Crippen molar-refractivity contribution in [3.05, 3.63) is 54.1 Å². The fourth-order valence-corrected chi connectivity index (χ4v) is 2.11.